The van der Waals surface area contributed by atoms with Crippen LogP contribution in [0.25, 0.3) is 0 Å². The zero-order valence-electron chi connectivity index (χ0n) is 25.3. The molecule has 0 unspecified atom stereocenters. The molecule has 1 aromatic carbocycles. The molecule has 0 fully saturated rings. The van der Waals surface area contributed by atoms with Crippen molar-refractivity contribution >= 4 is 40.0 Å². The number of sulfone groups is 1. The number of aliphatic hydroxyl groups excluding tert-OH is 1. The summed E-state index contributed by atoms with van der Waals surface area (Å²) in [6.45, 7) is 5.46. The largest absolute Gasteiger partial charge is 0.458 e. The number of alkyl carbamates (subject to hydrolysis) is 1. The highest BCUT2D eigenvalue weighted by Crippen LogP contribution is 2.22. The lowest BCUT2D eigenvalue weighted by atomic mass is 9.90. The molecular formula is C28H44N4O10S. The van der Waals surface area contributed by atoms with Gasteiger partial charge in [-0.05, 0) is 65.5 Å². The lowest BCUT2D eigenvalue weighted by molar-refractivity contribution is -0.167. The van der Waals surface area contributed by atoms with Crippen LogP contribution in [0.5, 0.6) is 0 Å². The normalized spacial score (nSPS) is 15.1. The number of aldehydes is 1. The zero-order valence-corrected chi connectivity index (χ0v) is 26.1. The first-order valence-electron chi connectivity index (χ1n) is 13.8. The number of benzene rings is 1. The molecule has 6 N–H and O–H groups in total. The molecule has 1 rings (SSSR count). The van der Waals surface area contributed by atoms with Crippen molar-refractivity contribution in [3.8, 4) is 0 Å². The molecule has 0 heterocycles. The highest BCUT2D eigenvalue weighted by molar-refractivity contribution is 7.90. The van der Waals surface area contributed by atoms with Crippen LogP contribution in [0.1, 0.15) is 52.5 Å². The van der Waals surface area contributed by atoms with Crippen LogP contribution in [0.3, 0.4) is 0 Å². The fourth-order valence-electron chi connectivity index (χ4n) is 3.82. The highest BCUT2D eigenvalue weighted by atomic mass is 32.2. The predicted octanol–water partition coefficient (Wildman–Crippen LogP) is -0.241. The number of aliphatic hydroxyl groups is 1. The molecule has 0 aliphatic rings. The summed E-state index contributed by atoms with van der Waals surface area (Å²) in [5.74, 6) is -3.82. The first-order chi connectivity index (χ1) is 19.9. The molecule has 0 saturated carbocycles. The lowest BCUT2D eigenvalue weighted by Gasteiger charge is -2.35. The molecule has 43 heavy (non-hydrogen) atoms. The van der Waals surface area contributed by atoms with Crippen LogP contribution >= 0.6 is 0 Å². The maximum atomic E-state index is 13.9. The summed E-state index contributed by atoms with van der Waals surface area (Å²) in [6, 6.07) is 6.16. The van der Waals surface area contributed by atoms with Crippen LogP contribution < -0.4 is 21.7 Å². The Morgan fingerprint density at radius 3 is 2.21 bits per heavy atom. The monoisotopic (exact) mass is 628 g/mol. The van der Waals surface area contributed by atoms with Gasteiger partial charge in [0, 0.05) is 6.26 Å². The van der Waals surface area contributed by atoms with Crippen molar-refractivity contribution in [1.82, 2.24) is 16.0 Å². The van der Waals surface area contributed by atoms with E-state index in [1.807, 2.05) is 0 Å². The van der Waals surface area contributed by atoms with Crippen molar-refractivity contribution < 1.29 is 47.0 Å². The molecule has 0 aromatic heterocycles. The van der Waals surface area contributed by atoms with Crippen LogP contribution in [0, 0.1) is 0 Å². The third-order valence-corrected chi connectivity index (χ3v) is 6.89. The van der Waals surface area contributed by atoms with Crippen molar-refractivity contribution in [2.75, 3.05) is 25.2 Å². The first kappa shape index (κ1) is 37.5. The van der Waals surface area contributed by atoms with Crippen LogP contribution in [0.2, 0.25) is 0 Å². The summed E-state index contributed by atoms with van der Waals surface area (Å²) in [4.78, 5) is 65.0. The van der Waals surface area contributed by atoms with Gasteiger partial charge in [-0.15, -0.1) is 0 Å². The molecule has 0 radical (unpaired) electrons. The highest BCUT2D eigenvalue weighted by Gasteiger charge is 2.51. The fraction of sp³-hybridized carbons (Fsp3) is 0.607. The molecule has 0 aliphatic carbocycles. The Bertz CT molecular complexity index is 1200. The Morgan fingerprint density at radius 1 is 1.07 bits per heavy atom. The smallest absolute Gasteiger partial charge is 0.408 e. The van der Waals surface area contributed by atoms with Gasteiger partial charge in [0.15, 0.2) is 9.84 Å². The molecule has 0 bridgehead atoms. The summed E-state index contributed by atoms with van der Waals surface area (Å²) in [6.07, 6.45) is -1.07. The molecule has 242 valence electrons. The van der Waals surface area contributed by atoms with Gasteiger partial charge in [0.25, 0.3) is 5.91 Å². The van der Waals surface area contributed by atoms with Crippen molar-refractivity contribution in [2.45, 2.75) is 82.7 Å². The van der Waals surface area contributed by atoms with Gasteiger partial charge in [0.2, 0.25) is 11.4 Å². The van der Waals surface area contributed by atoms with Gasteiger partial charge in [-0.3, -0.25) is 14.9 Å². The molecular weight excluding hydrogens is 584 g/mol. The third kappa shape index (κ3) is 13.5. The summed E-state index contributed by atoms with van der Waals surface area (Å²) < 4.78 is 33.3. The van der Waals surface area contributed by atoms with Gasteiger partial charge in [-0.2, -0.15) is 0 Å². The average Bonchev–Trinajstić information content (AvgIpc) is 2.89. The summed E-state index contributed by atoms with van der Waals surface area (Å²) >= 11 is 0. The van der Waals surface area contributed by atoms with E-state index in [1.165, 1.54) is 27.7 Å². The van der Waals surface area contributed by atoms with E-state index in [1.54, 1.807) is 30.3 Å². The molecule has 14 nitrogen and oxygen atoms in total. The maximum Gasteiger partial charge on any atom is 0.408 e. The number of nitrogens with two attached hydrogens (primary N) is 1. The molecule has 4 atom stereocenters. The quantitative estimate of drug-likeness (QED) is 0.0656. The van der Waals surface area contributed by atoms with Gasteiger partial charge >= 0.3 is 12.1 Å². The van der Waals surface area contributed by atoms with E-state index in [-0.39, 0.29) is 25.8 Å². The first-order valence-corrected chi connectivity index (χ1v) is 15.8. The summed E-state index contributed by atoms with van der Waals surface area (Å²) in [5.41, 5.74) is 2.76. The molecule has 1 aromatic rings. The van der Waals surface area contributed by atoms with Crippen LogP contribution in [0.15, 0.2) is 30.3 Å². The molecule has 0 aliphatic heterocycles. The van der Waals surface area contributed by atoms with Crippen LogP contribution in [0.4, 0.5) is 4.79 Å². The molecule has 0 spiro atoms. The molecule has 0 saturated heterocycles. The van der Waals surface area contributed by atoms with Gasteiger partial charge in [-0.1, -0.05) is 30.3 Å². The van der Waals surface area contributed by atoms with Crippen LogP contribution in [-0.2, 0) is 44.9 Å². The Kier molecular flexibility index (Phi) is 14.7. The number of ether oxygens (including phenoxy) is 2. The summed E-state index contributed by atoms with van der Waals surface area (Å²) in [7, 11) is -3.49. The van der Waals surface area contributed by atoms with E-state index in [0.717, 1.165) is 11.8 Å². The Balaban J connectivity index is 3.37. The van der Waals surface area contributed by atoms with Crippen molar-refractivity contribution in [3.05, 3.63) is 35.9 Å². The van der Waals surface area contributed by atoms with Crippen molar-refractivity contribution in [2.24, 2.45) is 5.73 Å². The zero-order chi connectivity index (χ0) is 32.8. The Morgan fingerprint density at radius 2 is 1.70 bits per heavy atom. The molecule has 15 heteroatoms. The lowest BCUT2D eigenvalue weighted by Crippen LogP contribution is -2.68. The SMILES string of the molecule is C[C@@H](O)[C@H](NC(=O)[C@](CCCCN)(NC(=O)OCCS(C)(=O)=O)C(=O)OC(C)(C)C)C(=O)N[C@H](C=O)Cc1ccccc1. The van der Waals surface area contributed by atoms with E-state index in [4.69, 9.17) is 15.2 Å². The Labute approximate surface area is 252 Å². The van der Waals surface area contributed by atoms with Gasteiger partial charge in [0.05, 0.1) is 17.9 Å². The second kappa shape index (κ2) is 16.9. The number of esters is 1. The number of unbranched alkanes of at least 4 members (excludes halogenated alkanes) is 1. The second-order valence-corrected chi connectivity index (χ2v) is 13.4. The predicted molar refractivity (Wildman–Crippen MR) is 157 cm³/mol. The average molecular weight is 629 g/mol. The number of rotatable bonds is 17. The standard InChI is InChI=1S/C28H44N4O10S/c1-19(34)22(23(35)30-21(18-33)17-20-11-7-6-8-12-20)31-24(36)28(13-9-10-14-29,25(37)42-27(2,3)4)32-26(38)41-15-16-43(5,39)40/h6-8,11-12,18-19,21-22,34H,9-10,13-17,29H2,1-5H3,(H,30,35)(H,31,36)(H,32,38)/t19-,21+,22+,28+/m1/s1. The van der Waals surface area contributed by atoms with Crippen molar-refractivity contribution in [3.63, 3.8) is 0 Å². The number of hydrogen-bond donors (Lipinski definition) is 5. The molecule has 3 amide bonds. The third-order valence-electron chi connectivity index (χ3n) is 5.99. The fourth-order valence-corrected chi connectivity index (χ4v) is 4.20. The minimum Gasteiger partial charge on any atom is -0.458 e. The van der Waals surface area contributed by atoms with Crippen LogP contribution in [-0.4, -0.2) is 98.2 Å². The topological polar surface area (TPSA) is 220 Å². The van der Waals surface area contributed by atoms with Gasteiger partial charge < -0.3 is 35.7 Å². The van der Waals surface area contributed by atoms with E-state index in [9.17, 15) is 37.5 Å². The number of carbonyl (C=O) groups is 5. The van der Waals surface area contributed by atoms with Gasteiger partial charge in [0.1, 0.15) is 24.5 Å². The van der Waals surface area contributed by atoms with Gasteiger partial charge in [-0.25, -0.2) is 18.0 Å². The van der Waals surface area contributed by atoms with E-state index >= 15 is 0 Å². The van der Waals surface area contributed by atoms with E-state index in [2.05, 4.69) is 16.0 Å². The number of nitrogens with one attached hydrogen (secondary N) is 3. The van der Waals surface area contributed by atoms with E-state index < -0.39 is 75.4 Å². The minimum absolute atomic E-state index is 0.137. The number of hydrogen-bond acceptors (Lipinski definition) is 11. The van der Waals surface area contributed by atoms with E-state index in [0.29, 0.717) is 12.7 Å². The second-order valence-electron chi connectivity index (χ2n) is 11.2. The number of carbonyl (C=O) groups excluding carboxylic acids is 5. The van der Waals surface area contributed by atoms with Crippen molar-refractivity contribution in [1.29, 1.82) is 0 Å². The maximum absolute atomic E-state index is 13.9. The summed E-state index contributed by atoms with van der Waals surface area (Å²) in [5, 5.41) is 17.4. The Hall–Kier alpha value is -3.56. The number of amides is 3. The minimum atomic E-state index is -3.49.